The molecule has 1 N–H and O–H groups in total. The molecule has 19 heavy (non-hydrogen) atoms. The molecular weight excluding hydrogens is 242 g/mol. The highest BCUT2D eigenvalue weighted by molar-refractivity contribution is 5.81. The third kappa shape index (κ3) is 3.33. The number of aromatic nitrogens is 2. The molecule has 1 aliphatic heterocycles. The maximum Gasteiger partial charge on any atom is 0.242 e. The summed E-state index contributed by atoms with van der Waals surface area (Å²) in [7, 11) is 3.70. The number of likely N-dealkylation sites (N-methyl/N-ethyl adjacent to an activating group) is 1. The van der Waals surface area contributed by atoms with Crippen molar-refractivity contribution in [3.8, 4) is 0 Å². The van der Waals surface area contributed by atoms with Crippen molar-refractivity contribution >= 4 is 17.5 Å². The number of anilines is 2. The summed E-state index contributed by atoms with van der Waals surface area (Å²) < 4.78 is 0. The van der Waals surface area contributed by atoms with E-state index in [2.05, 4.69) is 15.3 Å². The van der Waals surface area contributed by atoms with Gasteiger partial charge in [0, 0.05) is 33.3 Å². The topological polar surface area (TPSA) is 61.4 Å². The molecule has 0 bridgehead atoms. The smallest absolute Gasteiger partial charge is 0.242 e. The Hall–Kier alpha value is -1.85. The molecule has 0 radical (unpaired) electrons. The SMILES string of the molecule is CNc1cc(N(C)CC(=O)N2CCCC2)nc(C)n1. The summed E-state index contributed by atoms with van der Waals surface area (Å²) in [4.78, 5) is 24.5. The summed E-state index contributed by atoms with van der Waals surface area (Å²) in [5, 5.41) is 3.00. The highest BCUT2D eigenvalue weighted by atomic mass is 16.2. The van der Waals surface area contributed by atoms with Crippen LogP contribution in [0.2, 0.25) is 0 Å². The number of hydrogen-bond acceptors (Lipinski definition) is 5. The maximum absolute atomic E-state index is 12.1. The third-order valence-electron chi connectivity index (χ3n) is 3.30. The Morgan fingerprint density at radius 3 is 2.74 bits per heavy atom. The van der Waals surface area contributed by atoms with Crippen LogP contribution in [0.25, 0.3) is 0 Å². The van der Waals surface area contributed by atoms with Gasteiger partial charge in [-0.3, -0.25) is 4.79 Å². The van der Waals surface area contributed by atoms with Crippen molar-refractivity contribution in [2.45, 2.75) is 19.8 Å². The van der Waals surface area contributed by atoms with Gasteiger partial charge in [0.25, 0.3) is 0 Å². The molecule has 0 atom stereocenters. The fourth-order valence-corrected chi connectivity index (χ4v) is 2.23. The van der Waals surface area contributed by atoms with Crippen LogP contribution in [0.1, 0.15) is 18.7 Å². The quantitative estimate of drug-likeness (QED) is 0.874. The van der Waals surface area contributed by atoms with Crippen molar-refractivity contribution in [1.82, 2.24) is 14.9 Å². The average molecular weight is 263 g/mol. The fourth-order valence-electron chi connectivity index (χ4n) is 2.23. The van der Waals surface area contributed by atoms with E-state index in [1.54, 1.807) is 0 Å². The fraction of sp³-hybridized carbons (Fsp3) is 0.615. The van der Waals surface area contributed by atoms with Gasteiger partial charge in [-0.2, -0.15) is 0 Å². The van der Waals surface area contributed by atoms with Gasteiger partial charge in [0.1, 0.15) is 17.5 Å². The van der Waals surface area contributed by atoms with Crippen LogP contribution in [0.15, 0.2) is 6.07 Å². The summed E-state index contributed by atoms with van der Waals surface area (Å²) in [5.74, 6) is 2.40. The first-order valence-electron chi connectivity index (χ1n) is 6.62. The van der Waals surface area contributed by atoms with Crippen molar-refractivity contribution in [2.24, 2.45) is 0 Å². The number of hydrogen-bond donors (Lipinski definition) is 1. The van der Waals surface area contributed by atoms with Gasteiger partial charge in [-0.05, 0) is 19.8 Å². The first kappa shape index (κ1) is 13.6. The Labute approximate surface area is 113 Å². The van der Waals surface area contributed by atoms with Gasteiger partial charge < -0.3 is 15.1 Å². The summed E-state index contributed by atoms with van der Waals surface area (Å²) in [6.07, 6.45) is 2.23. The number of nitrogens with zero attached hydrogens (tertiary/aromatic N) is 4. The molecule has 1 fully saturated rings. The van der Waals surface area contributed by atoms with E-state index in [4.69, 9.17) is 0 Å². The predicted octanol–water partition coefficient (Wildman–Crippen LogP) is 0.885. The lowest BCUT2D eigenvalue weighted by Crippen LogP contribution is -2.37. The second kappa shape index (κ2) is 5.86. The number of carbonyl (C=O) groups excluding carboxylic acids is 1. The van der Waals surface area contributed by atoms with E-state index in [9.17, 15) is 4.79 Å². The first-order chi connectivity index (χ1) is 9.10. The van der Waals surface area contributed by atoms with E-state index < -0.39 is 0 Å². The summed E-state index contributed by atoms with van der Waals surface area (Å²) in [5.41, 5.74) is 0. The highest BCUT2D eigenvalue weighted by Gasteiger charge is 2.19. The van der Waals surface area contributed by atoms with Crippen molar-refractivity contribution in [3.63, 3.8) is 0 Å². The zero-order chi connectivity index (χ0) is 13.8. The van der Waals surface area contributed by atoms with Gasteiger partial charge in [0.05, 0.1) is 6.54 Å². The molecule has 0 saturated carbocycles. The molecule has 104 valence electrons. The molecule has 0 spiro atoms. The minimum atomic E-state index is 0.169. The average Bonchev–Trinajstić information content (AvgIpc) is 2.91. The molecule has 1 aliphatic rings. The Balaban J connectivity index is 2.04. The molecular formula is C13H21N5O. The molecule has 1 aromatic rings. The Morgan fingerprint density at radius 2 is 2.11 bits per heavy atom. The second-order valence-electron chi connectivity index (χ2n) is 4.85. The van der Waals surface area contributed by atoms with E-state index in [-0.39, 0.29) is 5.91 Å². The Bertz CT molecular complexity index is 456. The van der Waals surface area contributed by atoms with E-state index in [1.165, 1.54) is 0 Å². The van der Waals surface area contributed by atoms with Crippen LogP contribution in [0.3, 0.4) is 0 Å². The monoisotopic (exact) mass is 263 g/mol. The van der Waals surface area contributed by atoms with Crippen molar-refractivity contribution in [1.29, 1.82) is 0 Å². The maximum atomic E-state index is 12.1. The molecule has 6 nitrogen and oxygen atoms in total. The number of rotatable bonds is 4. The number of likely N-dealkylation sites (tertiary alicyclic amines) is 1. The molecule has 1 saturated heterocycles. The Morgan fingerprint density at radius 1 is 1.42 bits per heavy atom. The molecule has 1 amide bonds. The van der Waals surface area contributed by atoms with E-state index in [0.29, 0.717) is 12.4 Å². The molecule has 0 aliphatic carbocycles. The summed E-state index contributed by atoms with van der Waals surface area (Å²) in [6, 6.07) is 1.85. The van der Waals surface area contributed by atoms with Gasteiger partial charge >= 0.3 is 0 Å². The molecule has 2 heterocycles. The van der Waals surface area contributed by atoms with Gasteiger partial charge in [-0.1, -0.05) is 0 Å². The lowest BCUT2D eigenvalue weighted by atomic mass is 10.4. The third-order valence-corrected chi connectivity index (χ3v) is 3.30. The van der Waals surface area contributed by atoms with E-state index in [0.717, 1.165) is 37.6 Å². The van der Waals surface area contributed by atoms with Gasteiger partial charge in [-0.15, -0.1) is 0 Å². The number of carbonyl (C=O) groups is 1. The molecule has 0 unspecified atom stereocenters. The van der Waals surface area contributed by atoms with Crippen LogP contribution < -0.4 is 10.2 Å². The zero-order valence-corrected chi connectivity index (χ0v) is 11.8. The predicted molar refractivity (Wildman–Crippen MR) is 75.4 cm³/mol. The molecule has 1 aromatic heterocycles. The Kier molecular flexibility index (Phi) is 4.19. The van der Waals surface area contributed by atoms with Gasteiger partial charge in [-0.25, -0.2) is 9.97 Å². The minimum Gasteiger partial charge on any atom is -0.373 e. The van der Waals surface area contributed by atoms with Gasteiger partial charge in [0.15, 0.2) is 0 Å². The van der Waals surface area contributed by atoms with Crippen LogP contribution in [0.4, 0.5) is 11.6 Å². The standard InChI is InChI=1S/C13H21N5O/c1-10-15-11(14-2)8-12(16-10)17(3)9-13(19)18-6-4-5-7-18/h8H,4-7,9H2,1-3H3,(H,14,15,16). The van der Waals surface area contributed by atoms with Crippen molar-refractivity contribution in [2.75, 3.05) is 43.9 Å². The molecule has 0 aromatic carbocycles. The number of amides is 1. The summed E-state index contributed by atoms with van der Waals surface area (Å²) >= 11 is 0. The lowest BCUT2D eigenvalue weighted by Gasteiger charge is -2.22. The minimum absolute atomic E-state index is 0.169. The summed E-state index contributed by atoms with van der Waals surface area (Å²) in [6.45, 7) is 3.98. The van der Waals surface area contributed by atoms with E-state index >= 15 is 0 Å². The van der Waals surface area contributed by atoms with Crippen molar-refractivity contribution < 1.29 is 4.79 Å². The largest absolute Gasteiger partial charge is 0.373 e. The van der Waals surface area contributed by atoms with Crippen LogP contribution in [-0.2, 0) is 4.79 Å². The lowest BCUT2D eigenvalue weighted by molar-refractivity contribution is -0.128. The van der Waals surface area contributed by atoms with Crippen LogP contribution >= 0.6 is 0 Å². The highest BCUT2D eigenvalue weighted by Crippen LogP contribution is 2.15. The first-order valence-corrected chi connectivity index (χ1v) is 6.62. The molecule has 6 heteroatoms. The normalized spacial score (nSPS) is 14.6. The second-order valence-corrected chi connectivity index (χ2v) is 4.85. The number of nitrogens with one attached hydrogen (secondary N) is 1. The van der Waals surface area contributed by atoms with E-state index in [1.807, 2.05) is 36.9 Å². The van der Waals surface area contributed by atoms with Crippen LogP contribution in [-0.4, -0.2) is 54.5 Å². The molecule has 2 rings (SSSR count). The van der Waals surface area contributed by atoms with Gasteiger partial charge in [0.2, 0.25) is 5.91 Å². The van der Waals surface area contributed by atoms with Crippen molar-refractivity contribution in [3.05, 3.63) is 11.9 Å². The van der Waals surface area contributed by atoms with Crippen LogP contribution in [0.5, 0.6) is 0 Å². The number of aryl methyl sites for hydroxylation is 1. The zero-order valence-electron chi connectivity index (χ0n) is 11.8. The van der Waals surface area contributed by atoms with Crippen LogP contribution in [0, 0.1) is 6.92 Å².